The number of rotatable bonds is 5. The van der Waals surface area contributed by atoms with Crippen molar-refractivity contribution in [1.82, 2.24) is 9.62 Å². The van der Waals surface area contributed by atoms with Crippen LogP contribution in [0.15, 0.2) is 14.1 Å². The lowest BCUT2D eigenvalue weighted by molar-refractivity contribution is -0.118. The quantitative estimate of drug-likeness (QED) is 0.758. The summed E-state index contributed by atoms with van der Waals surface area (Å²) in [5.74, 6) is -0.668. The van der Waals surface area contributed by atoms with Gasteiger partial charge in [0.2, 0.25) is 5.91 Å². The summed E-state index contributed by atoms with van der Waals surface area (Å²) in [4.78, 5) is 11.3. The number of amides is 1. The minimum absolute atomic E-state index is 0.110. The molecule has 3 N–H and O–H groups in total. The van der Waals surface area contributed by atoms with Crippen LogP contribution in [0.4, 0.5) is 0 Å². The van der Waals surface area contributed by atoms with Crippen molar-refractivity contribution in [2.24, 2.45) is 5.73 Å². The van der Waals surface area contributed by atoms with E-state index < -0.39 is 15.9 Å². The lowest BCUT2D eigenvalue weighted by atomic mass is 10.1. The number of piperidine rings is 1. The molecule has 0 aromatic carbocycles. The predicted molar refractivity (Wildman–Crippen MR) is 86.0 cm³/mol. The minimum Gasteiger partial charge on any atom is -0.369 e. The highest BCUT2D eigenvalue weighted by molar-refractivity contribution is 9.11. The van der Waals surface area contributed by atoms with Crippen molar-refractivity contribution in [3.63, 3.8) is 0 Å². The number of nitrogens with one attached hydrogen (secondary N) is 1. The Morgan fingerprint density at radius 2 is 2.14 bits per heavy atom. The molecular formula is C11H15BrClN3O3S2. The highest BCUT2D eigenvalue weighted by Crippen LogP contribution is 2.36. The highest BCUT2D eigenvalue weighted by atomic mass is 79.9. The first kappa shape index (κ1) is 17.2. The first-order valence-corrected chi connectivity index (χ1v) is 9.71. The fourth-order valence-corrected chi connectivity index (χ4v) is 6.41. The SMILES string of the molecule is NC(=O)CN(C1CCNCC1)S(=O)(=O)c1cc(Cl)c(Br)s1. The topological polar surface area (TPSA) is 92.5 Å². The average Bonchev–Trinajstić information content (AvgIpc) is 2.77. The molecule has 0 bridgehead atoms. The molecule has 2 rings (SSSR count). The Hall–Kier alpha value is -0.190. The maximum Gasteiger partial charge on any atom is 0.253 e. The lowest BCUT2D eigenvalue weighted by Crippen LogP contribution is -2.49. The van der Waals surface area contributed by atoms with Crippen LogP contribution >= 0.6 is 38.9 Å². The number of nitrogens with two attached hydrogens (primary N) is 1. The number of hydrogen-bond donors (Lipinski definition) is 2. The molecule has 0 spiro atoms. The van der Waals surface area contributed by atoms with Crippen molar-refractivity contribution >= 4 is 54.8 Å². The van der Waals surface area contributed by atoms with Crippen molar-refractivity contribution in [2.75, 3.05) is 19.6 Å². The second-order valence-electron chi connectivity index (χ2n) is 4.68. The van der Waals surface area contributed by atoms with Gasteiger partial charge < -0.3 is 11.1 Å². The van der Waals surface area contributed by atoms with E-state index in [1.54, 1.807) is 0 Å². The van der Waals surface area contributed by atoms with Crippen LogP contribution in [-0.2, 0) is 14.8 Å². The summed E-state index contributed by atoms with van der Waals surface area (Å²) in [6.45, 7) is 1.11. The summed E-state index contributed by atoms with van der Waals surface area (Å²) >= 11 is 10.1. The number of carbonyl (C=O) groups is 1. The molecule has 6 nitrogen and oxygen atoms in total. The van der Waals surface area contributed by atoms with Crippen LogP contribution in [0.3, 0.4) is 0 Å². The van der Waals surface area contributed by atoms with Gasteiger partial charge in [0.05, 0.1) is 15.4 Å². The Bertz CT molecular complexity index is 609. The molecule has 0 aliphatic carbocycles. The Balaban J connectivity index is 2.35. The van der Waals surface area contributed by atoms with Crippen molar-refractivity contribution in [2.45, 2.75) is 23.1 Å². The van der Waals surface area contributed by atoms with Gasteiger partial charge in [-0.15, -0.1) is 11.3 Å². The summed E-state index contributed by atoms with van der Waals surface area (Å²) in [7, 11) is -3.79. The van der Waals surface area contributed by atoms with Crippen LogP contribution in [0, 0.1) is 0 Å². The van der Waals surface area contributed by atoms with Crippen LogP contribution in [0.1, 0.15) is 12.8 Å². The summed E-state index contributed by atoms with van der Waals surface area (Å²) in [5.41, 5.74) is 5.22. The molecule has 1 aliphatic rings. The summed E-state index contributed by atoms with van der Waals surface area (Å²) in [6, 6.07) is 1.16. The van der Waals surface area contributed by atoms with Gasteiger partial charge in [-0.2, -0.15) is 4.31 Å². The molecule has 10 heteroatoms. The molecule has 1 aliphatic heterocycles. The van der Waals surface area contributed by atoms with Crippen LogP contribution in [0.2, 0.25) is 5.02 Å². The molecule has 21 heavy (non-hydrogen) atoms. The van der Waals surface area contributed by atoms with Gasteiger partial charge >= 0.3 is 0 Å². The van der Waals surface area contributed by atoms with E-state index in [4.69, 9.17) is 17.3 Å². The van der Waals surface area contributed by atoms with Crippen LogP contribution in [0.5, 0.6) is 0 Å². The first-order valence-electron chi connectivity index (χ1n) is 6.28. The molecule has 2 heterocycles. The van der Waals surface area contributed by atoms with E-state index in [2.05, 4.69) is 21.2 Å². The number of nitrogens with zero attached hydrogens (tertiary/aromatic N) is 1. The third-order valence-electron chi connectivity index (χ3n) is 3.21. The number of halogens is 2. The number of hydrogen-bond acceptors (Lipinski definition) is 5. The number of primary amides is 1. The van der Waals surface area contributed by atoms with Crippen LogP contribution in [0.25, 0.3) is 0 Å². The van der Waals surface area contributed by atoms with E-state index in [1.165, 1.54) is 10.4 Å². The molecule has 1 aromatic rings. The van der Waals surface area contributed by atoms with E-state index >= 15 is 0 Å². The third-order valence-corrected chi connectivity index (χ3v) is 8.04. The zero-order valence-corrected chi connectivity index (χ0v) is 15.0. The second kappa shape index (κ2) is 6.93. The van der Waals surface area contributed by atoms with Crippen molar-refractivity contribution in [3.05, 3.63) is 14.9 Å². The fraction of sp³-hybridized carbons (Fsp3) is 0.545. The summed E-state index contributed by atoms with van der Waals surface area (Å²) in [6.07, 6.45) is 1.29. The second-order valence-corrected chi connectivity index (χ2v) is 9.58. The fourth-order valence-electron chi connectivity index (χ4n) is 2.23. The standard InChI is InChI=1S/C11H15BrClN3O3S2/c12-11-8(13)5-10(20-11)21(18,19)16(6-9(14)17)7-1-3-15-4-2-7/h5,7,15H,1-4,6H2,(H2,14,17). The minimum atomic E-state index is -3.79. The van der Waals surface area contributed by atoms with Gasteiger partial charge in [0, 0.05) is 6.04 Å². The van der Waals surface area contributed by atoms with Gasteiger partial charge in [-0.25, -0.2) is 8.42 Å². The Morgan fingerprint density at radius 1 is 1.52 bits per heavy atom. The van der Waals surface area contributed by atoms with Gasteiger partial charge in [-0.1, -0.05) is 11.6 Å². The normalized spacial score (nSPS) is 17.3. The van der Waals surface area contributed by atoms with E-state index in [9.17, 15) is 13.2 Å². The molecule has 0 atom stereocenters. The Morgan fingerprint density at radius 3 is 2.62 bits per heavy atom. The molecule has 1 fully saturated rings. The van der Waals surface area contributed by atoms with Crippen LogP contribution < -0.4 is 11.1 Å². The molecule has 1 amide bonds. The number of sulfonamides is 1. The zero-order chi connectivity index (χ0) is 15.6. The highest BCUT2D eigenvalue weighted by Gasteiger charge is 2.34. The van der Waals surface area contributed by atoms with E-state index in [1.807, 2.05) is 0 Å². The molecule has 0 radical (unpaired) electrons. The predicted octanol–water partition coefficient (Wildman–Crippen LogP) is 1.39. The van der Waals surface area contributed by atoms with E-state index in [-0.39, 0.29) is 16.8 Å². The van der Waals surface area contributed by atoms with Crippen LogP contribution in [-0.4, -0.2) is 44.3 Å². The van der Waals surface area contributed by atoms with Gasteiger partial charge in [0.25, 0.3) is 10.0 Å². The summed E-state index contributed by atoms with van der Waals surface area (Å²) < 4.78 is 27.4. The Labute approximate surface area is 140 Å². The van der Waals surface area contributed by atoms with E-state index in [0.717, 1.165) is 11.3 Å². The lowest BCUT2D eigenvalue weighted by Gasteiger charge is -2.32. The van der Waals surface area contributed by atoms with Gasteiger partial charge in [0.15, 0.2) is 0 Å². The maximum atomic E-state index is 12.8. The maximum absolute atomic E-state index is 12.8. The van der Waals surface area contributed by atoms with Crippen molar-refractivity contribution in [1.29, 1.82) is 0 Å². The Kier molecular flexibility index (Phi) is 5.66. The van der Waals surface area contributed by atoms with Gasteiger partial charge in [0.1, 0.15) is 4.21 Å². The van der Waals surface area contributed by atoms with Crippen molar-refractivity contribution in [3.8, 4) is 0 Å². The molecule has 0 unspecified atom stereocenters. The number of thiophene rings is 1. The largest absolute Gasteiger partial charge is 0.369 e. The summed E-state index contributed by atoms with van der Waals surface area (Å²) in [5, 5.41) is 3.50. The smallest absolute Gasteiger partial charge is 0.253 e. The average molecular weight is 417 g/mol. The van der Waals surface area contributed by atoms with E-state index in [0.29, 0.717) is 34.7 Å². The molecule has 1 saturated heterocycles. The van der Waals surface area contributed by atoms with Gasteiger partial charge in [-0.3, -0.25) is 4.79 Å². The molecular weight excluding hydrogens is 402 g/mol. The zero-order valence-electron chi connectivity index (χ0n) is 11.0. The third kappa shape index (κ3) is 3.96. The number of carbonyl (C=O) groups excluding carboxylic acids is 1. The molecule has 0 saturated carbocycles. The first-order chi connectivity index (χ1) is 9.82. The van der Waals surface area contributed by atoms with Crippen molar-refractivity contribution < 1.29 is 13.2 Å². The monoisotopic (exact) mass is 415 g/mol. The van der Waals surface area contributed by atoms with Gasteiger partial charge in [-0.05, 0) is 47.9 Å². The molecule has 1 aromatic heterocycles. The molecule has 118 valence electrons.